The maximum absolute atomic E-state index is 13.0. The van der Waals surface area contributed by atoms with Crippen molar-refractivity contribution in [3.63, 3.8) is 0 Å². The van der Waals surface area contributed by atoms with Crippen molar-refractivity contribution in [1.82, 2.24) is 15.1 Å². The number of hydrogen-bond acceptors (Lipinski definition) is 6. The number of piperidine rings is 1. The van der Waals surface area contributed by atoms with Crippen molar-refractivity contribution in [1.29, 1.82) is 0 Å². The van der Waals surface area contributed by atoms with Gasteiger partial charge in [0.05, 0.1) is 18.6 Å². The third-order valence-corrected chi connectivity index (χ3v) is 5.58. The molecule has 8 heteroatoms. The lowest BCUT2D eigenvalue weighted by molar-refractivity contribution is 0.0695. The molecule has 6 nitrogen and oxygen atoms in total. The third kappa shape index (κ3) is 3.70. The van der Waals surface area contributed by atoms with E-state index >= 15 is 0 Å². The molecule has 0 aliphatic carbocycles. The molecule has 1 saturated heterocycles. The van der Waals surface area contributed by atoms with Gasteiger partial charge < -0.3 is 14.1 Å². The molecule has 4 rings (SSSR count). The van der Waals surface area contributed by atoms with Gasteiger partial charge in [0.1, 0.15) is 5.75 Å². The van der Waals surface area contributed by atoms with Crippen LogP contribution in [0.15, 0.2) is 39.4 Å². The van der Waals surface area contributed by atoms with Gasteiger partial charge in [-0.3, -0.25) is 4.79 Å². The first-order chi connectivity index (χ1) is 13.2. The van der Waals surface area contributed by atoms with Gasteiger partial charge in [0.25, 0.3) is 5.91 Å². The average Bonchev–Trinajstić information content (AvgIpc) is 3.39. The number of thiophene rings is 1. The lowest BCUT2D eigenvalue weighted by atomic mass is 9.97. The summed E-state index contributed by atoms with van der Waals surface area (Å²) in [4.78, 5) is 14.8. The van der Waals surface area contributed by atoms with Crippen molar-refractivity contribution >= 4 is 28.8 Å². The van der Waals surface area contributed by atoms with E-state index in [2.05, 4.69) is 10.2 Å². The maximum Gasteiger partial charge on any atom is 0.257 e. The Kier molecular flexibility index (Phi) is 5.13. The number of carbonyl (C=O) groups excluding carboxylic acids is 1. The van der Waals surface area contributed by atoms with Crippen molar-refractivity contribution in [2.45, 2.75) is 18.8 Å². The Bertz CT molecular complexity index is 942. The lowest BCUT2D eigenvalue weighted by Crippen LogP contribution is -2.39. The normalized spacial score (nSPS) is 17.1. The minimum absolute atomic E-state index is 0.0211. The van der Waals surface area contributed by atoms with E-state index < -0.39 is 0 Å². The summed E-state index contributed by atoms with van der Waals surface area (Å²) < 4.78 is 11.2. The van der Waals surface area contributed by atoms with Crippen LogP contribution in [0.1, 0.15) is 35.0 Å². The Hall–Kier alpha value is -2.38. The van der Waals surface area contributed by atoms with E-state index in [1.807, 2.05) is 16.8 Å². The number of hydrogen-bond donors (Lipinski definition) is 0. The van der Waals surface area contributed by atoms with Crippen molar-refractivity contribution in [2.24, 2.45) is 0 Å². The molecule has 1 amide bonds. The van der Waals surface area contributed by atoms with Crippen LogP contribution in [0.5, 0.6) is 5.75 Å². The molecule has 1 aromatic carbocycles. The first-order valence-corrected chi connectivity index (χ1v) is 9.96. The maximum atomic E-state index is 13.0. The van der Waals surface area contributed by atoms with Crippen LogP contribution >= 0.6 is 22.9 Å². The number of amides is 1. The molecule has 0 unspecified atom stereocenters. The summed E-state index contributed by atoms with van der Waals surface area (Å²) in [5.74, 6) is 1.53. The number of nitrogens with zero attached hydrogens (tertiary/aromatic N) is 3. The number of rotatable bonds is 4. The summed E-state index contributed by atoms with van der Waals surface area (Å²) in [7, 11) is 1.55. The molecule has 0 N–H and O–H groups in total. The Morgan fingerprint density at radius 1 is 1.37 bits per heavy atom. The van der Waals surface area contributed by atoms with Gasteiger partial charge in [0, 0.05) is 29.1 Å². The molecule has 1 fully saturated rings. The van der Waals surface area contributed by atoms with Crippen LogP contribution in [-0.4, -0.2) is 41.2 Å². The fraction of sp³-hybridized carbons (Fsp3) is 0.316. The summed E-state index contributed by atoms with van der Waals surface area (Å²) in [5, 5.41) is 12.8. The number of methoxy groups -OCH3 is 1. The summed E-state index contributed by atoms with van der Waals surface area (Å²) in [5.41, 5.74) is 1.39. The molecule has 140 valence electrons. The number of carbonyl (C=O) groups is 1. The molecule has 3 aromatic rings. The van der Waals surface area contributed by atoms with Crippen molar-refractivity contribution in [2.75, 3.05) is 20.2 Å². The van der Waals surface area contributed by atoms with E-state index in [1.165, 1.54) is 0 Å². The predicted octanol–water partition coefficient (Wildman–Crippen LogP) is 4.48. The van der Waals surface area contributed by atoms with Gasteiger partial charge in [-0.1, -0.05) is 11.6 Å². The van der Waals surface area contributed by atoms with Gasteiger partial charge in [0.2, 0.25) is 11.8 Å². The quantitative estimate of drug-likeness (QED) is 0.642. The SMILES string of the molecule is COc1ccc(Cl)cc1C(=O)N1CCC[C@@H](c2nnc(-c3ccsc3)o2)C1. The lowest BCUT2D eigenvalue weighted by Gasteiger charge is -2.31. The molecule has 1 aliphatic rings. The Morgan fingerprint density at radius 3 is 3.04 bits per heavy atom. The molecule has 0 saturated carbocycles. The Morgan fingerprint density at radius 2 is 2.26 bits per heavy atom. The summed E-state index contributed by atoms with van der Waals surface area (Å²) >= 11 is 7.66. The number of aromatic nitrogens is 2. The molecule has 2 aromatic heterocycles. The first-order valence-electron chi connectivity index (χ1n) is 8.64. The Balaban J connectivity index is 1.53. The third-order valence-electron chi connectivity index (χ3n) is 4.66. The highest BCUT2D eigenvalue weighted by Gasteiger charge is 2.30. The zero-order valence-electron chi connectivity index (χ0n) is 14.7. The van der Waals surface area contributed by atoms with E-state index in [4.69, 9.17) is 20.8 Å². The van der Waals surface area contributed by atoms with Crippen LogP contribution in [0, 0.1) is 0 Å². The van der Waals surface area contributed by atoms with Crippen LogP contribution in [-0.2, 0) is 0 Å². The highest BCUT2D eigenvalue weighted by atomic mass is 35.5. The summed E-state index contributed by atoms with van der Waals surface area (Å²) in [6.45, 7) is 1.20. The average molecular weight is 404 g/mol. The number of likely N-dealkylation sites (tertiary alicyclic amines) is 1. The fourth-order valence-corrected chi connectivity index (χ4v) is 4.09. The largest absolute Gasteiger partial charge is 0.496 e. The Labute approximate surface area is 165 Å². The van der Waals surface area contributed by atoms with Crippen LogP contribution in [0.4, 0.5) is 0 Å². The molecule has 1 atom stereocenters. The second-order valence-corrected chi connectivity index (χ2v) is 7.61. The molecule has 27 heavy (non-hydrogen) atoms. The van der Waals surface area contributed by atoms with Gasteiger partial charge in [0.15, 0.2) is 0 Å². The summed E-state index contributed by atoms with van der Waals surface area (Å²) in [6, 6.07) is 7.01. The van der Waals surface area contributed by atoms with Crippen LogP contribution in [0.25, 0.3) is 11.5 Å². The number of benzene rings is 1. The zero-order valence-corrected chi connectivity index (χ0v) is 16.3. The van der Waals surface area contributed by atoms with Crippen LogP contribution in [0.2, 0.25) is 5.02 Å². The van der Waals surface area contributed by atoms with E-state index in [-0.39, 0.29) is 11.8 Å². The van der Waals surface area contributed by atoms with Gasteiger partial charge in [-0.2, -0.15) is 11.3 Å². The van der Waals surface area contributed by atoms with E-state index in [0.717, 1.165) is 18.4 Å². The van der Waals surface area contributed by atoms with Crippen LogP contribution < -0.4 is 4.74 Å². The van der Waals surface area contributed by atoms with Gasteiger partial charge in [-0.05, 0) is 42.5 Å². The van der Waals surface area contributed by atoms with E-state index in [0.29, 0.717) is 41.2 Å². The molecule has 0 radical (unpaired) electrons. The predicted molar refractivity (Wildman–Crippen MR) is 103 cm³/mol. The fourth-order valence-electron chi connectivity index (χ4n) is 3.28. The summed E-state index contributed by atoms with van der Waals surface area (Å²) in [6.07, 6.45) is 1.77. The van der Waals surface area contributed by atoms with Crippen molar-refractivity contribution in [3.8, 4) is 17.2 Å². The second kappa shape index (κ2) is 7.70. The molecule has 0 spiro atoms. The molecular formula is C19H18ClN3O3S. The minimum Gasteiger partial charge on any atom is -0.496 e. The molecule has 0 bridgehead atoms. The van der Waals surface area contributed by atoms with Gasteiger partial charge in [-0.25, -0.2) is 0 Å². The van der Waals surface area contributed by atoms with Crippen LogP contribution in [0.3, 0.4) is 0 Å². The first kappa shape index (κ1) is 18.0. The van der Waals surface area contributed by atoms with Crippen molar-refractivity contribution in [3.05, 3.63) is 51.5 Å². The van der Waals surface area contributed by atoms with Crippen molar-refractivity contribution < 1.29 is 13.9 Å². The molecule has 3 heterocycles. The van der Waals surface area contributed by atoms with Gasteiger partial charge in [-0.15, -0.1) is 10.2 Å². The molecule has 1 aliphatic heterocycles. The standard InChI is InChI=1S/C19H18ClN3O3S/c1-25-16-5-4-14(20)9-15(16)19(24)23-7-2-3-12(10-23)17-21-22-18(26-17)13-6-8-27-11-13/h4-6,8-9,11-12H,2-3,7,10H2,1H3/t12-/m1/s1. The number of halogens is 1. The number of ether oxygens (including phenoxy) is 1. The monoisotopic (exact) mass is 403 g/mol. The highest BCUT2D eigenvalue weighted by molar-refractivity contribution is 7.08. The smallest absolute Gasteiger partial charge is 0.257 e. The minimum atomic E-state index is -0.100. The highest BCUT2D eigenvalue weighted by Crippen LogP contribution is 2.31. The second-order valence-electron chi connectivity index (χ2n) is 6.39. The van der Waals surface area contributed by atoms with E-state index in [1.54, 1.807) is 41.5 Å². The molecular weight excluding hydrogens is 386 g/mol. The zero-order chi connectivity index (χ0) is 18.8. The van der Waals surface area contributed by atoms with E-state index in [9.17, 15) is 4.79 Å². The topological polar surface area (TPSA) is 68.5 Å². The van der Waals surface area contributed by atoms with Gasteiger partial charge >= 0.3 is 0 Å².